The molecule has 0 unspecified atom stereocenters. The fraction of sp³-hybridized carbons (Fsp3) is 0.467. The van der Waals surface area contributed by atoms with Crippen molar-refractivity contribution in [3.63, 3.8) is 0 Å². The molecule has 0 aromatic carbocycles. The van der Waals surface area contributed by atoms with Gasteiger partial charge in [0.1, 0.15) is 0 Å². The molecule has 2 atom stereocenters. The molecule has 0 amide bonds. The lowest BCUT2D eigenvalue weighted by Crippen LogP contribution is -2.51. The number of nitrogens with zero attached hydrogens (tertiary/aromatic N) is 4. The highest BCUT2D eigenvalue weighted by atomic mass is 19.1. The minimum Gasteiger partial charge on any atom is -0.472 e. The molecule has 0 aliphatic carbocycles. The van der Waals surface area contributed by atoms with Crippen LogP contribution in [0, 0.1) is 5.82 Å². The Morgan fingerprint density at radius 2 is 2.14 bits per heavy atom. The van der Waals surface area contributed by atoms with E-state index in [4.69, 9.17) is 9.15 Å². The van der Waals surface area contributed by atoms with Gasteiger partial charge in [0.15, 0.2) is 5.82 Å². The summed E-state index contributed by atoms with van der Waals surface area (Å²) in [5.74, 6) is 0.159. The molecule has 0 spiro atoms. The summed E-state index contributed by atoms with van der Waals surface area (Å²) in [7, 11) is 0. The lowest BCUT2D eigenvalue weighted by molar-refractivity contribution is 0.0300. The smallest absolute Gasteiger partial charge is 0.225 e. The van der Waals surface area contributed by atoms with Gasteiger partial charge in [-0.25, -0.2) is 14.4 Å². The number of ether oxygens (including phenoxy) is 1. The van der Waals surface area contributed by atoms with Crippen molar-refractivity contribution in [1.29, 1.82) is 0 Å². The van der Waals surface area contributed by atoms with Gasteiger partial charge in [0.05, 0.1) is 43.7 Å². The highest BCUT2D eigenvalue weighted by Crippen LogP contribution is 2.26. The first-order chi connectivity index (χ1) is 10.8. The van der Waals surface area contributed by atoms with Crippen molar-refractivity contribution in [2.24, 2.45) is 0 Å². The molecule has 0 N–H and O–H groups in total. The van der Waals surface area contributed by atoms with E-state index in [9.17, 15) is 4.39 Å². The Morgan fingerprint density at radius 3 is 2.91 bits per heavy atom. The average molecular weight is 304 g/mol. The van der Waals surface area contributed by atoms with E-state index in [0.717, 1.165) is 31.7 Å². The third-order valence-corrected chi connectivity index (χ3v) is 4.23. The number of aromatic nitrogens is 2. The van der Waals surface area contributed by atoms with Crippen LogP contribution in [-0.4, -0.2) is 53.3 Å². The minimum atomic E-state index is -0.415. The lowest BCUT2D eigenvalue weighted by atomic mass is 10.1. The van der Waals surface area contributed by atoms with Crippen LogP contribution in [0.1, 0.15) is 5.56 Å². The van der Waals surface area contributed by atoms with E-state index < -0.39 is 5.82 Å². The summed E-state index contributed by atoms with van der Waals surface area (Å²) in [5.41, 5.74) is 1.16. The van der Waals surface area contributed by atoms with E-state index in [2.05, 4.69) is 19.8 Å². The van der Waals surface area contributed by atoms with E-state index in [1.54, 1.807) is 12.5 Å². The van der Waals surface area contributed by atoms with Gasteiger partial charge in [0.25, 0.3) is 0 Å². The summed E-state index contributed by atoms with van der Waals surface area (Å²) in [4.78, 5) is 12.7. The third-order valence-electron chi connectivity index (χ3n) is 4.23. The highest BCUT2D eigenvalue weighted by molar-refractivity contribution is 5.33. The molecule has 6 nitrogen and oxygen atoms in total. The van der Waals surface area contributed by atoms with Gasteiger partial charge in [0, 0.05) is 31.7 Å². The molecule has 7 heteroatoms. The first-order valence-corrected chi connectivity index (χ1v) is 7.39. The van der Waals surface area contributed by atoms with Crippen LogP contribution in [0.3, 0.4) is 0 Å². The fourth-order valence-corrected chi connectivity index (χ4v) is 3.24. The maximum absolute atomic E-state index is 13.0. The van der Waals surface area contributed by atoms with Crippen molar-refractivity contribution in [1.82, 2.24) is 14.9 Å². The maximum atomic E-state index is 13.0. The molecule has 22 heavy (non-hydrogen) atoms. The Bertz CT molecular complexity index is 619. The number of fused-ring (bicyclic) bond motifs is 1. The number of halogens is 1. The molecule has 2 aromatic rings. The summed E-state index contributed by atoms with van der Waals surface area (Å²) in [6.07, 6.45) is 6.02. The molecule has 2 aromatic heterocycles. The van der Waals surface area contributed by atoms with Gasteiger partial charge in [-0.05, 0) is 6.07 Å². The van der Waals surface area contributed by atoms with Crippen LogP contribution in [0.25, 0.3) is 0 Å². The zero-order valence-electron chi connectivity index (χ0n) is 12.1. The predicted molar refractivity (Wildman–Crippen MR) is 76.8 cm³/mol. The standard InChI is InChI=1S/C15H17FN4O2/c16-12-5-17-15(18-6-12)20-2-4-22-14-9-19(8-13(14)20)7-11-1-3-21-10-11/h1,3,5-6,10,13-14H,2,4,7-9H2/t13-,14+/m1/s1. The quantitative estimate of drug-likeness (QED) is 0.852. The van der Waals surface area contributed by atoms with Crippen LogP contribution in [0.4, 0.5) is 10.3 Å². The summed E-state index contributed by atoms with van der Waals surface area (Å²) in [5, 5.41) is 0. The molecule has 2 fully saturated rings. The van der Waals surface area contributed by atoms with Crippen molar-refractivity contribution in [3.8, 4) is 0 Å². The predicted octanol–water partition coefficient (Wildman–Crippen LogP) is 1.30. The van der Waals surface area contributed by atoms with Crippen molar-refractivity contribution >= 4 is 5.95 Å². The summed E-state index contributed by atoms with van der Waals surface area (Å²) < 4.78 is 24.0. The lowest BCUT2D eigenvalue weighted by Gasteiger charge is -2.36. The average Bonchev–Trinajstić information content (AvgIpc) is 3.17. The number of furan rings is 1. The second-order valence-corrected chi connectivity index (χ2v) is 5.70. The number of morpholine rings is 1. The van der Waals surface area contributed by atoms with Gasteiger partial charge < -0.3 is 14.1 Å². The molecular weight excluding hydrogens is 287 g/mol. The van der Waals surface area contributed by atoms with Crippen LogP contribution >= 0.6 is 0 Å². The Kier molecular flexibility index (Phi) is 3.51. The monoisotopic (exact) mass is 304 g/mol. The van der Waals surface area contributed by atoms with Crippen LogP contribution < -0.4 is 4.90 Å². The first kappa shape index (κ1) is 13.7. The molecule has 0 saturated carbocycles. The molecule has 0 bridgehead atoms. The van der Waals surface area contributed by atoms with Crippen molar-refractivity contribution in [2.45, 2.75) is 18.7 Å². The van der Waals surface area contributed by atoms with Gasteiger partial charge in [-0.2, -0.15) is 0 Å². The Morgan fingerprint density at radius 1 is 1.27 bits per heavy atom. The Hall–Kier alpha value is -1.99. The zero-order chi connectivity index (χ0) is 14.9. The van der Waals surface area contributed by atoms with Crippen molar-refractivity contribution in [2.75, 3.05) is 31.1 Å². The number of hydrogen-bond donors (Lipinski definition) is 0. The second kappa shape index (κ2) is 5.66. The van der Waals surface area contributed by atoms with E-state index in [-0.39, 0.29) is 12.1 Å². The van der Waals surface area contributed by atoms with E-state index >= 15 is 0 Å². The highest BCUT2D eigenvalue weighted by Gasteiger charge is 2.41. The van der Waals surface area contributed by atoms with E-state index in [1.165, 1.54) is 12.4 Å². The van der Waals surface area contributed by atoms with Crippen LogP contribution in [0.2, 0.25) is 0 Å². The minimum absolute atomic E-state index is 0.134. The second-order valence-electron chi connectivity index (χ2n) is 5.70. The third kappa shape index (κ3) is 2.57. The molecule has 4 rings (SSSR count). The summed E-state index contributed by atoms with van der Waals surface area (Å²) in [6.45, 7) is 3.95. The molecule has 116 valence electrons. The van der Waals surface area contributed by atoms with Crippen LogP contribution in [0.5, 0.6) is 0 Å². The largest absolute Gasteiger partial charge is 0.472 e. The topological polar surface area (TPSA) is 54.6 Å². The maximum Gasteiger partial charge on any atom is 0.225 e. The molecule has 2 aliphatic heterocycles. The zero-order valence-corrected chi connectivity index (χ0v) is 12.1. The van der Waals surface area contributed by atoms with Crippen LogP contribution in [0.15, 0.2) is 35.4 Å². The number of rotatable bonds is 3. The van der Waals surface area contributed by atoms with Crippen LogP contribution in [-0.2, 0) is 11.3 Å². The summed E-state index contributed by atoms with van der Waals surface area (Å²) >= 11 is 0. The number of likely N-dealkylation sites (tertiary alicyclic amines) is 1. The molecule has 4 heterocycles. The van der Waals surface area contributed by atoms with Gasteiger partial charge in [-0.15, -0.1) is 0 Å². The Labute approximate surface area is 127 Å². The van der Waals surface area contributed by atoms with Crippen molar-refractivity contribution in [3.05, 3.63) is 42.4 Å². The molecule has 2 saturated heterocycles. The molecular formula is C15H17FN4O2. The number of hydrogen-bond acceptors (Lipinski definition) is 6. The molecule has 2 aliphatic rings. The summed E-state index contributed by atoms with van der Waals surface area (Å²) in [6, 6.07) is 2.18. The number of anilines is 1. The normalized spacial score (nSPS) is 25.4. The van der Waals surface area contributed by atoms with Gasteiger partial charge in [0.2, 0.25) is 5.95 Å². The van der Waals surface area contributed by atoms with E-state index in [0.29, 0.717) is 12.6 Å². The fourth-order valence-electron chi connectivity index (χ4n) is 3.24. The van der Waals surface area contributed by atoms with Gasteiger partial charge in [-0.1, -0.05) is 0 Å². The molecule has 0 radical (unpaired) electrons. The van der Waals surface area contributed by atoms with Crippen molar-refractivity contribution < 1.29 is 13.5 Å². The Balaban J connectivity index is 1.50. The SMILES string of the molecule is Fc1cnc(N2CCO[C@H]3CN(Cc4ccoc4)C[C@H]32)nc1. The first-order valence-electron chi connectivity index (χ1n) is 7.39. The van der Waals surface area contributed by atoms with Gasteiger partial charge in [-0.3, -0.25) is 4.90 Å². The van der Waals surface area contributed by atoms with E-state index in [1.807, 2.05) is 6.07 Å². The van der Waals surface area contributed by atoms with Gasteiger partial charge >= 0.3 is 0 Å².